The topological polar surface area (TPSA) is 63.4 Å². The lowest BCUT2D eigenvalue weighted by molar-refractivity contribution is -0.117. The van der Waals surface area contributed by atoms with Gasteiger partial charge in [-0.3, -0.25) is 9.59 Å². The van der Waals surface area contributed by atoms with Gasteiger partial charge in [0.15, 0.2) is 0 Å². The molecule has 0 unspecified atom stereocenters. The maximum atomic E-state index is 13.0. The molecule has 2 rings (SSSR count). The number of halogens is 1. The van der Waals surface area contributed by atoms with E-state index in [0.29, 0.717) is 10.6 Å². The first kappa shape index (κ1) is 15.2. The lowest BCUT2D eigenvalue weighted by atomic mass is 10.2. The normalized spacial score (nSPS) is 10.4. The van der Waals surface area contributed by atoms with Gasteiger partial charge in [0, 0.05) is 23.5 Å². The van der Waals surface area contributed by atoms with E-state index in [-0.39, 0.29) is 24.7 Å². The van der Waals surface area contributed by atoms with E-state index in [1.54, 1.807) is 6.07 Å². The van der Waals surface area contributed by atoms with Crippen LogP contribution < -0.4 is 10.6 Å². The predicted molar refractivity (Wildman–Crippen MR) is 80.9 cm³/mol. The fourth-order valence-corrected chi connectivity index (χ4v) is 2.69. The average Bonchev–Trinajstić information content (AvgIpc) is 2.87. The highest BCUT2D eigenvalue weighted by Gasteiger charge is 2.19. The molecule has 2 amide bonds. The molecular formula is C15H15FN2O2S. The number of rotatable bonds is 5. The Morgan fingerprint density at radius 3 is 2.38 bits per heavy atom. The monoisotopic (exact) mass is 306 g/mol. The Kier molecular flexibility index (Phi) is 4.70. The largest absolute Gasteiger partial charge is 0.370 e. The van der Waals surface area contributed by atoms with E-state index in [2.05, 4.69) is 0 Å². The number of anilines is 1. The van der Waals surface area contributed by atoms with Crippen molar-refractivity contribution in [2.75, 3.05) is 11.4 Å². The smallest absolute Gasteiger partial charge is 0.268 e. The van der Waals surface area contributed by atoms with Crippen LogP contribution in [0.1, 0.15) is 21.0 Å². The minimum absolute atomic E-state index is 0.0491. The SMILES string of the molecule is Cc1ccc(C(=O)N(CCC(N)=O)c2ccc(F)cc2)s1. The second-order valence-electron chi connectivity index (χ2n) is 4.56. The van der Waals surface area contributed by atoms with Crippen molar-refractivity contribution >= 4 is 28.8 Å². The zero-order valence-electron chi connectivity index (χ0n) is 11.5. The number of amides is 2. The molecule has 0 saturated heterocycles. The highest BCUT2D eigenvalue weighted by atomic mass is 32.1. The molecule has 2 N–H and O–H groups in total. The van der Waals surface area contributed by atoms with Gasteiger partial charge >= 0.3 is 0 Å². The summed E-state index contributed by atoms with van der Waals surface area (Å²) in [7, 11) is 0. The van der Waals surface area contributed by atoms with E-state index in [4.69, 9.17) is 5.73 Å². The van der Waals surface area contributed by atoms with Crippen molar-refractivity contribution in [3.05, 3.63) is 52.0 Å². The maximum absolute atomic E-state index is 13.0. The number of carbonyl (C=O) groups excluding carboxylic acids is 2. The van der Waals surface area contributed by atoms with Gasteiger partial charge in [0.25, 0.3) is 5.91 Å². The summed E-state index contributed by atoms with van der Waals surface area (Å²) in [5, 5.41) is 0. The third-order valence-corrected chi connectivity index (χ3v) is 3.91. The van der Waals surface area contributed by atoms with Crippen molar-refractivity contribution in [3.8, 4) is 0 Å². The summed E-state index contributed by atoms with van der Waals surface area (Å²) < 4.78 is 13.0. The van der Waals surface area contributed by atoms with Crippen molar-refractivity contribution in [1.82, 2.24) is 0 Å². The van der Waals surface area contributed by atoms with E-state index in [1.807, 2.05) is 13.0 Å². The molecule has 2 aromatic rings. The first-order valence-electron chi connectivity index (χ1n) is 6.39. The van der Waals surface area contributed by atoms with Gasteiger partial charge in [0.2, 0.25) is 5.91 Å². The molecule has 0 radical (unpaired) electrons. The van der Waals surface area contributed by atoms with E-state index >= 15 is 0 Å². The van der Waals surface area contributed by atoms with Crippen molar-refractivity contribution in [1.29, 1.82) is 0 Å². The maximum Gasteiger partial charge on any atom is 0.268 e. The van der Waals surface area contributed by atoms with Gasteiger partial charge in [0.05, 0.1) is 4.88 Å². The lowest BCUT2D eigenvalue weighted by Crippen LogP contribution is -2.33. The molecule has 1 heterocycles. The molecule has 4 nitrogen and oxygen atoms in total. The number of hydrogen-bond acceptors (Lipinski definition) is 3. The van der Waals surface area contributed by atoms with Crippen LogP contribution in [0, 0.1) is 12.7 Å². The van der Waals surface area contributed by atoms with Crippen LogP contribution in [0.4, 0.5) is 10.1 Å². The summed E-state index contributed by atoms with van der Waals surface area (Å²) in [6.45, 7) is 2.07. The number of aryl methyl sites for hydroxylation is 1. The summed E-state index contributed by atoms with van der Waals surface area (Å²) in [6.07, 6.45) is 0.0491. The molecule has 0 aliphatic carbocycles. The minimum atomic E-state index is -0.489. The molecule has 21 heavy (non-hydrogen) atoms. The summed E-state index contributed by atoms with van der Waals surface area (Å²) in [6, 6.07) is 9.17. The van der Waals surface area contributed by atoms with Gasteiger partial charge in [-0.1, -0.05) is 0 Å². The van der Waals surface area contributed by atoms with Crippen LogP contribution in [0.3, 0.4) is 0 Å². The summed E-state index contributed by atoms with van der Waals surface area (Å²) in [4.78, 5) is 26.6. The number of nitrogens with two attached hydrogens (primary N) is 1. The second kappa shape index (κ2) is 6.49. The van der Waals surface area contributed by atoms with E-state index in [1.165, 1.54) is 40.5 Å². The Labute approximate surface area is 126 Å². The Balaban J connectivity index is 2.28. The molecule has 0 atom stereocenters. The van der Waals surface area contributed by atoms with Crippen molar-refractivity contribution in [2.24, 2.45) is 5.73 Å². The zero-order chi connectivity index (χ0) is 15.4. The van der Waals surface area contributed by atoms with E-state index in [9.17, 15) is 14.0 Å². The van der Waals surface area contributed by atoms with Crippen molar-refractivity contribution in [3.63, 3.8) is 0 Å². The number of thiophene rings is 1. The van der Waals surface area contributed by atoms with Crippen LogP contribution in [0.2, 0.25) is 0 Å². The van der Waals surface area contributed by atoms with Crippen LogP contribution in [0.25, 0.3) is 0 Å². The van der Waals surface area contributed by atoms with Crippen molar-refractivity contribution in [2.45, 2.75) is 13.3 Å². The number of primary amides is 1. The van der Waals surface area contributed by atoms with E-state index in [0.717, 1.165) is 4.88 Å². The number of benzene rings is 1. The van der Waals surface area contributed by atoms with Gasteiger partial charge in [0.1, 0.15) is 5.82 Å². The van der Waals surface area contributed by atoms with Crippen molar-refractivity contribution < 1.29 is 14.0 Å². The standard InChI is InChI=1S/C15H15FN2O2S/c1-10-2-7-13(21-10)15(20)18(9-8-14(17)19)12-5-3-11(16)4-6-12/h2-7H,8-9H2,1H3,(H2,17,19). The third kappa shape index (κ3) is 3.88. The zero-order valence-corrected chi connectivity index (χ0v) is 12.3. The summed E-state index contributed by atoms with van der Waals surface area (Å²) in [5.74, 6) is -1.09. The minimum Gasteiger partial charge on any atom is -0.370 e. The molecule has 0 aliphatic heterocycles. The number of nitrogens with zero attached hydrogens (tertiary/aromatic N) is 1. The fourth-order valence-electron chi connectivity index (χ4n) is 1.87. The highest BCUT2D eigenvalue weighted by Crippen LogP contribution is 2.22. The Morgan fingerprint density at radius 2 is 1.86 bits per heavy atom. The molecule has 0 aliphatic rings. The highest BCUT2D eigenvalue weighted by molar-refractivity contribution is 7.14. The fraction of sp³-hybridized carbons (Fsp3) is 0.200. The van der Waals surface area contributed by atoms with Gasteiger partial charge < -0.3 is 10.6 Å². The van der Waals surface area contributed by atoms with Gasteiger partial charge in [-0.05, 0) is 43.3 Å². The van der Waals surface area contributed by atoms with Crippen LogP contribution in [0.5, 0.6) is 0 Å². The number of hydrogen-bond donors (Lipinski definition) is 1. The molecular weight excluding hydrogens is 291 g/mol. The Morgan fingerprint density at radius 1 is 1.19 bits per heavy atom. The molecule has 0 fully saturated rings. The Bertz CT molecular complexity index is 652. The summed E-state index contributed by atoms with van der Waals surface area (Å²) >= 11 is 1.37. The van der Waals surface area contributed by atoms with Crippen LogP contribution >= 0.6 is 11.3 Å². The van der Waals surface area contributed by atoms with Crippen LogP contribution in [0.15, 0.2) is 36.4 Å². The lowest BCUT2D eigenvalue weighted by Gasteiger charge is -2.21. The van der Waals surface area contributed by atoms with Crippen LogP contribution in [-0.2, 0) is 4.79 Å². The van der Waals surface area contributed by atoms with Gasteiger partial charge in [-0.25, -0.2) is 4.39 Å². The van der Waals surface area contributed by atoms with Gasteiger partial charge in [-0.15, -0.1) is 11.3 Å². The van der Waals surface area contributed by atoms with Crippen LogP contribution in [-0.4, -0.2) is 18.4 Å². The summed E-state index contributed by atoms with van der Waals surface area (Å²) in [5.41, 5.74) is 5.69. The quantitative estimate of drug-likeness (QED) is 0.923. The molecule has 0 spiro atoms. The molecule has 6 heteroatoms. The van der Waals surface area contributed by atoms with E-state index < -0.39 is 5.91 Å². The Hall–Kier alpha value is -2.21. The second-order valence-corrected chi connectivity index (χ2v) is 5.85. The van der Waals surface area contributed by atoms with Gasteiger partial charge in [-0.2, -0.15) is 0 Å². The molecule has 0 bridgehead atoms. The average molecular weight is 306 g/mol. The molecule has 1 aromatic carbocycles. The molecule has 1 aromatic heterocycles. The first-order valence-corrected chi connectivity index (χ1v) is 7.21. The molecule has 0 saturated carbocycles. The molecule has 110 valence electrons. The predicted octanol–water partition coefficient (Wildman–Crippen LogP) is 2.72. The number of carbonyl (C=O) groups is 2. The third-order valence-electron chi connectivity index (χ3n) is 2.92. The first-order chi connectivity index (χ1) is 9.97.